The van der Waals surface area contributed by atoms with E-state index in [4.69, 9.17) is 16.3 Å². The van der Waals surface area contributed by atoms with E-state index < -0.39 is 0 Å². The van der Waals surface area contributed by atoms with E-state index in [2.05, 4.69) is 26.1 Å². The molecule has 0 aromatic heterocycles. The van der Waals surface area contributed by atoms with Crippen LogP contribution in [0.15, 0.2) is 72.8 Å². The van der Waals surface area contributed by atoms with Crippen molar-refractivity contribution in [3.05, 3.63) is 89.2 Å². The highest BCUT2D eigenvalue weighted by Crippen LogP contribution is 2.30. The third-order valence-electron chi connectivity index (χ3n) is 8.17. The summed E-state index contributed by atoms with van der Waals surface area (Å²) >= 11 is 6.25. The summed E-state index contributed by atoms with van der Waals surface area (Å²) in [6.45, 7) is 6.16. The molecule has 0 bridgehead atoms. The zero-order valence-corrected chi connectivity index (χ0v) is 23.8. The van der Waals surface area contributed by atoms with E-state index >= 15 is 0 Å². The maximum Gasteiger partial charge on any atom is 0.224 e. The van der Waals surface area contributed by atoms with Crippen LogP contribution in [0.2, 0.25) is 5.02 Å². The number of amides is 1. The lowest BCUT2D eigenvalue weighted by Gasteiger charge is -2.47. The zero-order valence-electron chi connectivity index (χ0n) is 23.1. The van der Waals surface area contributed by atoms with Crippen LogP contribution in [0.3, 0.4) is 0 Å². The van der Waals surface area contributed by atoms with Crippen molar-refractivity contribution in [3.63, 3.8) is 0 Å². The molecule has 3 aromatic rings. The second-order valence-corrected chi connectivity index (χ2v) is 11.2. The van der Waals surface area contributed by atoms with Gasteiger partial charge in [-0.05, 0) is 79.4 Å². The number of methoxy groups -OCH3 is 1. The van der Waals surface area contributed by atoms with Crippen LogP contribution in [0, 0.1) is 11.7 Å². The quantitative estimate of drug-likeness (QED) is 0.350. The molecule has 2 fully saturated rings. The summed E-state index contributed by atoms with van der Waals surface area (Å²) in [5.74, 6) is 0.985. The molecule has 3 aromatic carbocycles. The number of benzene rings is 3. The Hall–Kier alpha value is -3.13. The number of rotatable bonds is 9. The van der Waals surface area contributed by atoms with Crippen molar-refractivity contribution >= 4 is 28.9 Å². The lowest BCUT2D eigenvalue weighted by molar-refractivity contribution is -0.116. The number of piperidine rings is 1. The number of piperazine rings is 1. The van der Waals surface area contributed by atoms with Crippen molar-refractivity contribution in [1.29, 1.82) is 0 Å². The summed E-state index contributed by atoms with van der Waals surface area (Å²) in [6.07, 6.45) is 2.32. The second-order valence-electron chi connectivity index (χ2n) is 10.8. The molecular weight excluding hydrogens is 527 g/mol. The Kier molecular flexibility index (Phi) is 9.57. The third-order valence-corrected chi connectivity index (χ3v) is 8.40. The number of nitrogens with zero attached hydrogens (tertiary/aromatic N) is 3. The number of halogens is 2. The van der Waals surface area contributed by atoms with Gasteiger partial charge in [0.2, 0.25) is 5.91 Å². The van der Waals surface area contributed by atoms with Crippen molar-refractivity contribution < 1.29 is 13.9 Å². The van der Waals surface area contributed by atoms with E-state index in [1.807, 2.05) is 54.6 Å². The standard InChI is InChI=1S/C32H38ClFN4O2/c1-40-28-12-10-27(11-13-28)35-32(39)14-9-25-23-36(22-24-5-4-6-26(33)21-24)16-15-30(25)37-17-19-38(20-18-37)31-8-3-2-7-29(31)34/h2-8,10-13,21,25,30H,9,14-20,22-23H2,1H3,(H,35,39)/t25-,30+/m1/s1. The highest BCUT2D eigenvalue weighted by atomic mass is 35.5. The second kappa shape index (κ2) is 13.5. The van der Waals surface area contributed by atoms with Crippen molar-refractivity contribution in [2.75, 3.05) is 56.6 Å². The number of carbonyl (C=O) groups excluding carboxylic acids is 1. The predicted octanol–water partition coefficient (Wildman–Crippen LogP) is 5.92. The lowest BCUT2D eigenvalue weighted by atomic mass is 9.86. The molecule has 0 radical (unpaired) electrons. The number of anilines is 2. The van der Waals surface area contributed by atoms with Crippen molar-refractivity contribution in [3.8, 4) is 5.75 Å². The van der Waals surface area contributed by atoms with Crippen molar-refractivity contribution in [2.24, 2.45) is 5.92 Å². The molecule has 8 heteroatoms. The summed E-state index contributed by atoms with van der Waals surface area (Å²) in [5.41, 5.74) is 2.67. The molecule has 0 unspecified atom stereocenters. The van der Waals surface area contributed by atoms with Gasteiger partial charge in [0.15, 0.2) is 0 Å². The molecular formula is C32H38ClFN4O2. The Bertz CT molecular complexity index is 1270. The van der Waals surface area contributed by atoms with Crippen LogP contribution < -0.4 is 15.0 Å². The lowest BCUT2D eigenvalue weighted by Crippen LogP contribution is -2.56. The maximum absolute atomic E-state index is 14.4. The summed E-state index contributed by atoms with van der Waals surface area (Å²) in [5, 5.41) is 3.79. The van der Waals surface area contributed by atoms with E-state index in [9.17, 15) is 9.18 Å². The molecule has 1 N–H and O–H groups in total. The molecule has 2 saturated heterocycles. The molecule has 6 nitrogen and oxygen atoms in total. The van der Waals surface area contributed by atoms with Gasteiger partial charge in [-0.3, -0.25) is 14.6 Å². The first-order valence-corrected chi connectivity index (χ1v) is 14.5. The third kappa shape index (κ3) is 7.33. The Labute approximate surface area is 241 Å². The summed E-state index contributed by atoms with van der Waals surface area (Å²) < 4.78 is 19.6. The Balaban J connectivity index is 1.22. The van der Waals surface area contributed by atoms with E-state index in [1.54, 1.807) is 13.2 Å². The van der Waals surface area contributed by atoms with Crippen LogP contribution in [0.1, 0.15) is 24.8 Å². The molecule has 5 rings (SSSR count). The average Bonchev–Trinajstić information content (AvgIpc) is 2.97. The normalized spacial score (nSPS) is 20.3. The average molecular weight is 565 g/mol. The molecule has 1 amide bonds. The van der Waals surface area contributed by atoms with E-state index in [-0.39, 0.29) is 11.7 Å². The maximum atomic E-state index is 14.4. The number of hydrogen-bond donors (Lipinski definition) is 1. The summed E-state index contributed by atoms with van der Waals surface area (Å²) in [6, 6.07) is 22.9. The highest BCUT2D eigenvalue weighted by molar-refractivity contribution is 6.30. The molecule has 2 heterocycles. The van der Waals surface area contributed by atoms with Crippen LogP contribution in [-0.2, 0) is 11.3 Å². The van der Waals surface area contributed by atoms with E-state index in [1.165, 1.54) is 11.6 Å². The number of likely N-dealkylation sites (tertiary alicyclic amines) is 1. The molecule has 0 spiro atoms. The minimum atomic E-state index is -0.161. The first kappa shape index (κ1) is 28.4. The fraction of sp³-hybridized carbons (Fsp3) is 0.406. The van der Waals surface area contributed by atoms with Gasteiger partial charge in [0, 0.05) is 62.4 Å². The van der Waals surface area contributed by atoms with Gasteiger partial charge < -0.3 is 15.0 Å². The fourth-order valence-electron chi connectivity index (χ4n) is 6.11. The van der Waals surface area contributed by atoms with Gasteiger partial charge in [-0.1, -0.05) is 35.9 Å². The van der Waals surface area contributed by atoms with Gasteiger partial charge in [-0.2, -0.15) is 0 Å². The van der Waals surface area contributed by atoms with Crippen LogP contribution in [-0.4, -0.2) is 68.1 Å². The smallest absolute Gasteiger partial charge is 0.224 e. The molecule has 2 atom stereocenters. The van der Waals surface area contributed by atoms with Crippen molar-refractivity contribution in [1.82, 2.24) is 9.80 Å². The van der Waals surface area contributed by atoms with Gasteiger partial charge in [0.1, 0.15) is 11.6 Å². The van der Waals surface area contributed by atoms with Gasteiger partial charge >= 0.3 is 0 Å². The Morgan fingerprint density at radius 3 is 2.50 bits per heavy atom. The number of carbonyl (C=O) groups is 1. The van der Waals surface area contributed by atoms with Crippen molar-refractivity contribution in [2.45, 2.75) is 31.8 Å². The largest absolute Gasteiger partial charge is 0.497 e. The van der Waals surface area contributed by atoms with Gasteiger partial charge in [-0.25, -0.2) is 4.39 Å². The minimum Gasteiger partial charge on any atom is -0.497 e. The van der Waals surface area contributed by atoms with E-state index in [0.29, 0.717) is 24.1 Å². The molecule has 2 aliphatic rings. The van der Waals surface area contributed by atoms with Crippen LogP contribution in [0.5, 0.6) is 5.75 Å². The van der Waals surface area contributed by atoms with Gasteiger partial charge in [0.25, 0.3) is 0 Å². The number of hydrogen-bond acceptors (Lipinski definition) is 5. The summed E-state index contributed by atoms with van der Waals surface area (Å²) in [4.78, 5) is 20.1. The minimum absolute atomic E-state index is 0.0280. The van der Waals surface area contributed by atoms with Crippen LogP contribution in [0.25, 0.3) is 0 Å². The van der Waals surface area contributed by atoms with Gasteiger partial charge in [0.05, 0.1) is 12.8 Å². The number of para-hydroxylation sites is 1. The Morgan fingerprint density at radius 2 is 1.77 bits per heavy atom. The molecule has 2 aliphatic heterocycles. The Morgan fingerprint density at radius 1 is 1.00 bits per heavy atom. The summed E-state index contributed by atoms with van der Waals surface area (Å²) in [7, 11) is 1.63. The van der Waals surface area contributed by atoms with E-state index in [0.717, 1.165) is 75.1 Å². The molecule has 212 valence electrons. The highest BCUT2D eigenvalue weighted by Gasteiger charge is 2.35. The fourth-order valence-corrected chi connectivity index (χ4v) is 6.33. The van der Waals surface area contributed by atoms with Crippen LogP contribution in [0.4, 0.5) is 15.8 Å². The zero-order chi connectivity index (χ0) is 27.9. The van der Waals surface area contributed by atoms with Gasteiger partial charge in [-0.15, -0.1) is 0 Å². The topological polar surface area (TPSA) is 48.1 Å². The SMILES string of the molecule is COc1ccc(NC(=O)CC[C@@H]2CN(Cc3cccc(Cl)c3)CC[C@@H]2N2CCN(c3ccccc3F)CC2)cc1. The first-order valence-electron chi connectivity index (χ1n) is 14.1. The first-order chi connectivity index (χ1) is 19.5. The van der Waals surface area contributed by atoms with Crippen LogP contribution >= 0.6 is 11.6 Å². The molecule has 0 aliphatic carbocycles. The molecule has 40 heavy (non-hydrogen) atoms. The molecule has 0 saturated carbocycles. The monoisotopic (exact) mass is 564 g/mol. The predicted molar refractivity (Wildman–Crippen MR) is 160 cm³/mol. The number of ether oxygens (including phenoxy) is 1. The number of nitrogens with one attached hydrogen (secondary N) is 1.